The van der Waals surface area contributed by atoms with Gasteiger partial charge in [-0.1, -0.05) is 0 Å². The molecule has 0 unspecified atom stereocenters. The van der Waals surface area contributed by atoms with Crippen LogP contribution in [0.1, 0.15) is 37.1 Å². The summed E-state index contributed by atoms with van der Waals surface area (Å²) in [5.41, 5.74) is -0.659. The molecule has 0 radical (unpaired) electrons. The summed E-state index contributed by atoms with van der Waals surface area (Å²) >= 11 is 5.61. The van der Waals surface area contributed by atoms with Crippen LogP contribution in [-0.2, 0) is 19.4 Å². The Morgan fingerprint density at radius 1 is 1.25 bits per heavy atom. The molecule has 3 heterocycles. The lowest BCUT2D eigenvalue weighted by Crippen LogP contribution is -3.14. The van der Waals surface area contributed by atoms with Crippen LogP contribution in [0.2, 0.25) is 0 Å². The van der Waals surface area contributed by atoms with Gasteiger partial charge in [-0.25, -0.2) is 4.98 Å². The minimum absolute atomic E-state index is 0.560. The predicted octanol–water partition coefficient (Wildman–Crippen LogP) is 1.51. The average molecular weight is 415 g/mol. The summed E-state index contributed by atoms with van der Waals surface area (Å²) < 4.78 is 43.0. The number of pyridine rings is 1. The maximum Gasteiger partial charge on any atom is 0.419 e. The topological polar surface area (TPSA) is 44.6 Å². The van der Waals surface area contributed by atoms with E-state index in [1.54, 1.807) is 0 Å². The number of piperazine rings is 1. The third-order valence-electron chi connectivity index (χ3n) is 5.52. The summed E-state index contributed by atoms with van der Waals surface area (Å²) in [6, 6.07) is 2.63. The summed E-state index contributed by atoms with van der Waals surface area (Å²) in [6.45, 7) is 6.99. The summed E-state index contributed by atoms with van der Waals surface area (Å²) in [5, 5.41) is 4.77. The molecule has 2 N–H and O–H groups in total. The maximum atomic E-state index is 12.7. The number of aromatic nitrogens is 4. The Kier molecular flexibility index (Phi) is 5.17. The fourth-order valence-electron chi connectivity index (χ4n) is 3.72. The lowest BCUT2D eigenvalue weighted by atomic mass is 10.2. The molecular weight excluding hydrogens is 389 g/mol. The molecule has 6 nitrogen and oxygen atoms in total. The van der Waals surface area contributed by atoms with E-state index in [9.17, 15) is 13.2 Å². The molecule has 2 aliphatic rings. The molecule has 152 valence electrons. The van der Waals surface area contributed by atoms with Crippen LogP contribution in [0.3, 0.4) is 0 Å². The Hall–Kier alpha value is -1.94. The first-order valence-corrected chi connectivity index (χ1v) is 10.1. The smallest absolute Gasteiger partial charge is 0.310 e. The van der Waals surface area contributed by atoms with Gasteiger partial charge in [0.1, 0.15) is 38.2 Å². The van der Waals surface area contributed by atoms with Gasteiger partial charge in [0, 0.05) is 18.5 Å². The molecule has 0 spiro atoms. The number of alkyl halides is 3. The zero-order valence-electron chi connectivity index (χ0n) is 15.8. The third-order valence-corrected chi connectivity index (χ3v) is 5.95. The Bertz CT molecular complexity index is 876. The predicted molar refractivity (Wildman–Crippen MR) is 99.6 cm³/mol. The number of H-pyrrole nitrogens is 1. The van der Waals surface area contributed by atoms with E-state index < -0.39 is 11.7 Å². The molecule has 2 fully saturated rings. The van der Waals surface area contributed by atoms with E-state index in [1.807, 2.05) is 4.68 Å². The molecule has 1 saturated carbocycles. The minimum Gasteiger partial charge on any atom is -0.310 e. The lowest BCUT2D eigenvalue weighted by molar-refractivity contribution is -0.924. The van der Waals surface area contributed by atoms with Crippen LogP contribution in [0.15, 0.2) is 18.3 Å². The molecule has 1 aliphatic carbocycles. The molecule has 1 saturated heterocycles. The average Bonchev–Trinajstić information content (AvgIpc) is 3.47. The standard InChI is InChI=1S/C18H23F3N6S/c1-2-26-16(13-3-4-13)23-27(17(26)28)12-24-7-9-25(10-8-24)15-6-5-14(11-22-15)18(19,20)21/h5-6,11,13H,2-4,7-10,12H2,1H3/p+2. The van der Waals surface area contributed by atoms with Crippen molar-refractivity contribution in [2.24, 2.45) is 0 Å². The highest BCUT2D eigenvalue weighted by molar-refractivity contribution is 7.71. The van der Waals surface area contributed by atoms with Gasteiger partial charge in [0.2, 0.25) is 4.77 Å². The van der Waals surface area contributed by atoms with Gasteiger partial charge in [0.25, 0.3) is 5.82 Å². The van der Waals surface area contributed by atoms with Crippen molar-refractivity contribution in [1.82, 2.24) is 14.3 Å². The second-order valence-corrected chi connectivity index (χ2v) is 7.88. The van der Waals surface area contributed by atoms with Crippen molar-refractivity contribution in [3.8, 4) is 0 Å². The quantitative estimate of drug-likeness (QED) is 0.755. The van der Waals surface area contributed by atoms with Crippen LogP contribution < -0.4 is 14.8 Å². The van der Waals surface area contributed by atoms with Crippen molar-refractivity contribution in [3.05, 3.63) is 34.5 Å². The molecule has 2 aromatic rings. The Labute approximate surface area is 166 Å². The van der Waals surface area contributed by atoms with Gasteiger partial charge in [-0.3, -0.25) is 4.90 Å². The number of anilines is 1. The maximum absolute atomic E-state index is 12.7. The van der Waals surface area contributed by atoms with E-state index in [-0.39, 0.29) is 0 Å². The van der Waals surface area contributed by atoms with Gasteiger partial charge < -0.3 is 9.47 Å². The molecule has 0 atom stereocenters. The largest absolute Gasteiger partial charge is 0.419 e. The highest BCUT2D eigenvalue weighted by atomic mass is 32.1. The SMILES string of the molecule is CCn1c(C2CC2)nn(C[NH+]2CCN(c3ccc(C(F)(F)F)c[nH+]3)CC2)c1=S. The van der Waals surface area contributed by atoms with Crippen LogP contribution in [0.5, 0.6) is 0 Å². The van der Waals surface area contributed by atoms with E-state index in [0.717, 1.165) is 68.1 Å². The van der Waals surface area contributed by atoms with E-state index in [4.69, 9.17) is 17.3 Å². The summed E-state index contributed by atoms with van der Waals surface area (Å²) in [6.07, 6.45) is -0.898. The molecular formula is C18H25F3N6S+2. The first-order valence-electron chi connectivity index (χ1n) is 9.71. The number of quaternary nitrogens is 1. The van der Waals surface area contributed by atoms with E-state index in [2.05, 4.69) is 21.4 Å². The monoisotopic (exact) mass is 414 g/mol. The highest BCUT2D eigenvalue weighted by Gasteiger charge is 2.34. The van der Waals surface area contributed by atoms with Gasteiger partial charge >= 0.3 is 6.18 Å². The van der Waals surface area contributed by atoms with Crippen molar-refractivity contribution < 1.29 is 23.1 Å². The van der Waals surface area contributed by atoms with E-state index in [0.29, 0.717) is 5.92 Å². The number of nitrogens with one attached hydrogen (secondary N) is 2. The number of halogens is 3. The van der Waals surface area contributed by atoms with Gasteiger partial charge in [-0.15, -0.1) is 0 Å². The fourth-order valence-corrected chi connectivity index (χ4v) is 4.05. The number of nitrogens with zero attached hydrogens (tertiary/aromatic N) is 4. The van der Waals surface area contributed by atoms with Crippen molar-refractivity contribution in [1.29, 1.82) is 0 Å². The highest BCUT2D eigenvalue weighted by Crippen LogP contribution is 2.39. The lowest BCUT2D eigenvalue weighted by Gasteiger charge is -2.28. The Balaban J connectivity index is 1.38. The van der Waals surface area contributed by atoms with Crippen LogP contribution in [-0.4, -0.2) is 40.5 Å². The summed E-state index contributed by atoms with van der Waals surface area (Å²) in [7, 11) is 0. The number of aromatic amines is 1. The molecule has 0 amide bonds. The zero-order valence-corrected chi connectivity index (χ0v) is 16.6. The first-order chi connectivity index (χ1) is 13.4. The number of hydrogen-bond donors (Lipinski definition) is 1. The van der Waals surface area contributed by atoms with Gasteiger partial charge in [0.15, 0.2) is 6.67 Å². The molecule has 10 heteroatoms. The van der Waals surface area contributed by atoms with Crippen molar-refractivity contribution >= 4 is 18.0 Å². The zero-order chi connectivity index (χ0) is 19.9. The Morgan fingerprint density at radius 2 is 1.96 bits per heavy atom. The van der Waals surface area contributed by atoms with Crippen LogP contribution >= 0.6 is 12.2 Å². The van der Waals surface area contributed by atoms with E-state index >= 15 is 0 Å². The van der Waals surface area contributed by atoms with Crippen molar-refractivity contribution in [2.75, 3.05) is 31.1 Å². The second-order valence-electron chi connectivity index (χ2n) is 7.51. The van der Waals surface area contributed by atoms with Crippen molar-refractivity contribution in [2.45, 2.75) is 45.1 Å². The van der Waals surface area contributed by atoms with Gasteiger partial charge in [-0.05, 0) is 38.0 Å². The van der Waals surface area contributed by atoms with Crippen LogP contribution in [0.25, 0.3) is 0 Å². The number of hydrogen-bond acceptors (Lipinski definition) is 3. The van der Waals surface area contributed by atoms with E-state index in [1.165, 1.54) is 23.8 Å². The molecule has 0 aromatic carbocycles. The second kappa shape index (κ2) is 7.47. The van der Waals surface area contributed by atoms with Crippen molar-refractivity contribution in [3.63, 3.8) is 0 Å². The third kappa shape index (κ3) is 3.93. The molecule has 1 aliphatic heterocycles. The summed E-state index contributed by atoms with van der Waals surface area (Å²) in [5.74, 6) is 2.39. The normalized spacial score (nSPS) is 18.6. The molecule has 28 heavy (non-hydrogen) atoms. The molecule has 4 rings (SSSR count). The molecule has 2 aromatic heterocycles. The number of rotatable bonds is 5. The van der Waals surface area contributed by atoms with Gasteiger partial charge in [0.05, 0.1) is 5.56 Å². The summed E-state index contributed by atoms with van der Waals surface area (Å²) in [4.78, 5) is 6.25. The van der Waals surface area contributed by atoms with Gasteiger partial charge in [-0.2, -0.15) is 23.0 Å². The first kappa shape index (κ1) is 19.4. The Morgan fingerprint density at radius 3 is 2.50 bits per heavy atom. The minimum atomic E-state index is -4.32. The molecule has 0 bridgehead atoms. The van der Waals surface area contributed by atoms with Crippen LogP contribution in [0.4, 0.5) is 19.0 Å². The fraction of sp³-hybridized carbons (Fsp3) is 0.611. The van der Waals surface area contributed by atoms with Crippen LogP contribution in [0, 0.1) is 4.77 Å².